The van der Waals surface area contributed by atoms with Crippen molar-refractivity contribution >= 4 is 10.0 Å². The first-order valence-corrected chi connectivity index (χ1v) is 9.26. The van der Waals surface area contributed by atoms with Gasteiger partial charge in [0.05, 0.1) is 18.0 Å². The number of ether oxygens (including phenoxy) is 1. The topological polar surface area (TPSA) is 75.6 Å². The number of halogens is 4. The van der Waals surface area contributed by atoms with Crippen LogP contribution in [0, 0.1) is 5.82 Å². The van der Waals surface area contributed by atoms with E-state index < -0.39 is 44.6 Å². The number of rotatable bonds is 7. The minimum Gasteiger partial charge on any atom is -0.491 e. The average Bonchev–Trinajstić information content (AvgIpc) is 2.61. The van der Waals surface area contributed by atoms with Gasteiger partial charge < -0.3 is 9.84 Å². The summed E-state index contributed by atoms with van der Waals surface area (Å²) in [6.07, 6.45) is -5.15. The second-order valence-corrected chi connectivity index (χ2v) is 7.34. The average molecular weight is 407 g/mol. The van der Waals surface area contributed by atoms with E-state index in [1.165, 1.54) is 18.2 Å². The van der Waals surface area contributed by atoms with Crippen molar-refractivity contribution < 1.29 is 35.8 Å². The molecule has 0 unspecified atom stereocenters. The first kappa shape index (κ1) is 21.1. The molecule has 0 fully saturated rings. The van der Waals surface area contributed by atoms with Gasteiger partial charge in [-0.25, -0.2) is 17.5 Å². The van der Waals surface area contributed by atoms with Crippen molar-refractivity contribution in [1.82, 2.24) is 4.72 Å². The van der Waals surface area contributed by atoms with Crippen LogP contribution in [-0.4, -0.2) is 32.9 Å². The molecule has 0 amide bonds. The van der Waals surface area contributed by atoms with Crippen LogP contribution < -0.4 is 9.46 Å². The Hall–Kier alpha value is -2.17. The van der Waals surface area contributed by atoms with E-state index >= 15 is 0 Å². The summed E-state index contributed by atoms with van der Waals surface area (Å²) >= 11 is 0. The smallest absolute Gasteiger partial charge is 0.422 e. The lowest BCUT2D eigenvalue weighted by atomic mass is 9.93. The SMILES string of the molecule is CCOc1ccc(S(=O)(=O)NC[C@](O)(c2ccccc2)C(F)(F)F)cc1F. The van der Waals surface area contributed by atoms with E-state index in [-0.39, 0.29) is 12.4 Å². The molecule has 27 heavy (non-hydrogen) atoms. The second-order valence-electron chi connectivity index (χ2n) is 5.57. The van der Waals surface area contributed by atoms with Crippen molar-refractivity contribution in [3.05, 3.63) is 59.9 Å². The van der Waals surface area contributed by atoms with E-state index in [4.69, 9.17) is 4.74 Å². The number of hydrogen-bond acceptors (Lipinski definition) is 4. The van der Waals surface area contributed by atoms with Crippen molar-refractivity contribution in [2.24, 2.45) is 0 Å². The van der Waals surface area contributed by atoms with Crippen LogP contribution in [0.25, 0.3) is 0 Å². The molecule has 0 saturated heterocycles. The number of benzene rings is 2. The van der Waals surface area contributed by atoms with Gasteiger partial charge in [0.25, 0.3) is 0 Å². The largest absolute Gasteiger partial charge is 0.491 e. The van der Waals surface area contributed by atoms with Gasteiger partial charge in [0.15, 0.2) is 17.2 Å². The van der Waals surface area contributed by atoms with E-state index in [1.54, 1.807) is 11.6 Å². The molecular weight excluding hydrogens is 390 g/mol. The zero-order chi connectivity index (χ0) is 20.3. The predicted molar refractivity (Wildman–Crippen MR) is 89.2 cm³/mol. The van der Waals surface area contributed by atoms with Gasteiger partial charge in [-0.2, -0.15) is 13.2 Å². The molecule has 0 aliphatic rings. The summed E-state index contributed by atoms with van der Waals surface area (Å²) in [6.45, 7) is 0.377. The molecule has 0 radical (unpaired) electrons. The Kier molecular flexibility index (Phi) is 6.13. The number of alkyl halides is 3. The number of nitrogens with one attached hydrogen (secondary N) is 1. The minimum atomic E-state index is -5.15. The molecular formula is C17H17F4NO4S. The lowest BCUT2D eigenvalue weighted by molar-refractivity contribution is -0.263. The molecule has 2 aromatic rings. The van der Waals surface area contributed by atoms with E-state index in [2.05, 4.69) is 0 Å². The molecule has 0 spiro atoms. The third-order valence-electron chi connectivity index (χ3n) is 3.75. The summed E-state index contributed by atoms with van der Waals surface area (Å²) in [5, 5.41) is 10.2. The molecule has 2 rings (SSSR count). The van der Waals surface area contributed by atoms with Crippen molar-refractivity contribution in [3.8, 4) is 5.75 Å². The highest BCUT2D eigenvalue weighted by Gasteiger charge is 2.55. The second kappa shape index (κ2) is 7.83. The molecule has 1 atom stereocenters. The van der Waals surface area contributed by atoms with E-state index in [0.29, 0.717) is 6.07 Å². The van der Waals surface area contributed by atoms with Crippen molar-refractivity contribution in [2.75, 3.05) is 13.2 Å². The van der Waals surface area contributed by atoms with Crippen LogP contribution in [0.1, 0.15) is 12.5 Å². The number of sulfonamides is 1. The van der Waals surface area contributed by atoms with Crippen LogP contribution in [0.15, 0.2) is 53.4 Å². The fraction of sp³-hybridized carbons (Fsp3) is 0.294. The van der Waals surface area contributed by atoms with Gasteiger partial charge in [0.2, 0.25) is 10.0 Å². The summed E-state index contributed by atoms with van der Waals surface area (Å²) in [7, 11) is -4.52. The van der Waals surface area contributed by atoms with Gasteiger partial charge in [-0.15, -0.1) is 0 Å². The fourth-order valence-electron chi connectivity index (χ4n) is 2.28. The maximum absolute atomic E-state index is 13.8. The zero-order valence-corrected chi connectivity index (χ0v) is 14.9. The molecule has 0 saturated carbocycles. The van der Waals surface area contributed by atoms with E-state index in [0.717, 1.165) is 24.3 Å². The first-order valence-electron chi connectivity index (χ1n) is 7.78. The molecule has 148 valence electrons. The molecule has 0 bridgehead atoms. The van der Waals surface area contributed by atoms with Crippen molar-refractivity contribution in [3.63, 3.8) is 0 Å². The lowest BCUT2D eigenvalue weighted by Gasteiger charge is -2.31. The van der Waals surface area contributed by atoms with E-state index in [9.17, 15) is 31.1 Å². The molecule has 0 heterocycles. The molecule has 0 aromatic heterocycles. The Morgan fingerprint density at radius 3 is 2.26 bits per heavy atom. The Morgan fingerprint density at radius 1 is 1.11 bits per heavy atom. The molecule has 0 aliphatic carbocycles. The van der Waals surface area contributed by atoms with Crippen LogP contribution >= 0.6 is 0 Å². The van der Waals surface area contributed by atoms with Gasteiger partial charge >= 0.3 is 6.18 Å². The minimum absolute atomic E-state index is 0.150. The molecule has 10 heteroatoms. The Labute approximate surface area is 153 Å². The Balaban J connectivity index is 2.30. The zero-order valence-electron chi connectivity index (χ0n) is 14.1. The first-order chi connectivity index (χ1) is 12.5. The van der Waals surface area contributed by atoms with E-state index in [1.807, 2.05) is 0 Å². The number of hydrogen-bond donors (Lipinski definition) is 2. The molecule has 2 aromatic carbocycles. The highest BCUT2D eigenvalue weighted by molar-refractivity contribution is 7.89. The maximum atomic E-state index is 13.8. The highest BCUT2D eigenvalue weighted by Crippen LogP contribution is 2.38. The summed E-state index contributed by atoms with van der Waals surface area (Å²) in [5.41, 5.74) is -3.98. The van der Waals surface area contributed by atoms with Gasteiger partial charge in [0.1, 0.15) is 0 Å². The van der Waals surface area contributed by atoms with Crippen LogP contribution in [-0.2, 0) is 15.6 Å². The molecule has 0 aliphatic heterocycles. The summed E-state index contributed by atoms with van der Waals surface area (Å²) in [5.74, 6) is -1.17. The summed E-state index contributed by atoms with van der Waals surface area (Å²) in [6, 6.07) is 8.74. The third kappa shape index (κ3) is 4.57. The van der Waals surface area contributed by atoms with Gasteiger partial charge in [-0.3, -0.25) is 0 Å². The van der Waals surface area contributed by atoms with Crippen molar-refractivity contribution in [2.45, 2.75) is 23.6 Å². The standard InChI is InChI=1S/C17H17F4NO4S/c1-2-26-15-9-8-13(10-14(15)18)27(24,25)22-11-16(23,17(19,20)21)12-6-4-3-5-7-12/h3-10,22-23H,2,11H2,1H3/t16-/m0/s1. The predicted octanol–water partition coefficient (Wildman–Crippen LogP) is 2.95. The van der Waals surface area contributed by atoms with Gasteiger partial charge in [-0.05, 0) is 30.7 Å². The van der Waals surface area contributed by atoms with Crippen LogP contribution in [0.2, 0.25) is 0 Å². The van der Waals surface area contributed by atoms with Gasteiger partial charge in [-0.1, -0.05) is 30.3 Å². The maximum Gasteiger partial charge on any atom is 0.422 e. The summed E-state index contributed by atoms with van der Waals surface area (Å²) < 4.78 is 85.2. The summed E-state index contributed by atoms with van der Waals surface area (Å²) in [4.78, 5) is -0.596. The Morgan fingerprint density at radius 2 is 1.74 bits per heavy atom. The molecule has 5 nitrogen and oxygen atoms in total. The Bertz CT molecular complexity index is 888. The van der Waals surface area contributed by atoms with Gasteiger partial charge in [0, 0.05) is 0 Å². The number of aliphatic hydroxyl groups is 1. The normalized spacial score (nSPS) is 14.6. The lowest BCUT2D eigenvalue weighted by Crippen LogP contribution is -2.51. The highest BCUT2D eigenvalue weighted by atomic mass is 32.2. The quantitative estimate of drug-likeness (QED) is 0.692. The van der Waals surface area contributed by atoms with Crippen LogP contribution in [0.5, 0.6) is 5.75 Å². The fourth-order valence-corrected chi connectivity index (χ4v) is 3.36. The monoisotopic (exact) mass is 407 g/mol. The van der Waals surface area contributed by atoms with Crippen molar-refractivity contribution in [1.29, 1.82) is 0 Å². The molecule has 2 N–H and O–H groups in total. The third-order valence-corrected chi connectivity index (χ3v) is 5.15. The van der Waals surface area contributed by atoms with Crippen LogP contribution in [0.3, 0.4) is 0 Å². The van der Waals surface area contributed by atoms with Crippen LogP contribution in [0.4, 0.5) is 17.6 Å².